The molecule has 1 aromatic carbocycles. The van der Waals surface area contributed by atoms with Crippen LogP contribution in [0, 0.1) is 6.92 Å². The zero-order valence-corrected chi connectivity index (χ0v) is 16.7. The number of likely N-dealkylation sites (tertiary alicyclic amines) is 1. The molecule has 0 radical (unpaired) electrons. The van der Waals surface area contributed by atoms with Crippen molar-refractivity contribution in [3.8, 4) is 0 Å². The monoisotopic (exact) mass is 411 g/mol. The molecule has 1 aliphatic rings. The van der Waals surface area contributed by atoms with Gasteiger partial charge in [0.25, 0.3) is 0 Å². The molecule has 0 aliphatic carbocycles. The lowest BCUT2D eigenvalue weighted by Crippen LogP contribution is -2.44. The number of hydrogen-bond donors (Lipinski definition) is 2. The van der Waals surface area contributed by atoms with Gasteiger partial charge in [0.05, 0.1) is 17.1 Å². The number of aryl methyl sites for hydroxylation is 1. The van der Waals surface area contributed by atoms with Gasteiger partial charge in [-0.1, -0.05) is 12.1 Å². The molecule has 2 aromatic rings. The first-order valence-electron chi connectivity index (χ1n) is 9.10. The maximum atomic E-state index is 12.7. The lowest BCUT2D eigenvalue weighted by molar-refractivity contribution is -0.137. The van der Waals surface area contributed by atoms with Gasteiger partial charge < -0.3 is 10.6 Å². The van der Waals surface area contributed by atoms with Gasteiger partial charge >= 0.3 is 6.18 Å². The molecule has 9 heteroatoms. The zero-order chi connectivity index (χ0) is 20.1. The number of nitrogens with zero attached hydrogens (tertiary/aromatic N) is 3. The minimum atomic E-state index is -4.29. The summed E-state index contributed by atoms with van der Waals surface area (Å²) in [6, 6.07) is 5.66. The number of aromatic nitrogens is 1. The van der Waals surface area contributed by atoms with Crippen LogP contribution in [0.3, 0.4) is 0 Å². The van der Waals surface area contributed by atoms with Crippen LogP contribution in [0.4, 0.5) is 13.2 Å². The number of hydrogen-bond acceptors (Lipinski definition) is 4. The Morgan fingerprint density at radius 2 is 2.07 bits per heavy atom. The van der Waals surface area contributed by atoms with Crippen molar-refractivity contribution < 1.29 is 13.2 Å². The molecule has 1 atom stereocenters. The van der Waals surface area contributed by atoms with Crippen molar-refractivity contribution in [1.82, 2.24) is 20.5 Å². The summed E-state index contributed by atoms with van der Waals surface area (Å²) >= 11 is 1.65. The van der Waals surface area contributed by atoms with Crippen molar-refractivity contribution >= 4 is 17.3 Å². The summed E-state index contributed by atoms with van der Waals surface area (Å²) in [5.41, 5.74) is 0.278. The Morgan fingerprint density at radius 1 is 1.32 bits per heavy atom. The molecule has 1 fully saturated rings. The van der Waals surface area contributed by atoms with E-state index in [1.54, 1.807) is 30.5 Å². The van der Waals surface area contributed by atoms with Crippen LogP contribution in [0.2, 0.25) is 0 Å². The van der Waals surface area contributed by atoms with Crippen molar-refractivity contribution in [2.75, 3.05) is 20.1 Å². The van der Waals surface area contributed by atoms with Crippen LogP contribution in [0.15, 0.2) is 35.5 Å². The number of alkyl halides is 3. The topological polar surface area (TPSA) is 52.6 Å². The van der Waals surface area contributed by atoms with E-state index in [1.165, 1.54) is 0 Å². The normalized spacial score (nSPS) is 18.5. The Hall–Kier alpha value is -2.13. The number of thiazole rings is 1. The summed E-state index contributed by atoms with van der Waals surface area (Å²) in [7, 11) is 1.74. The van der Waals surface area contributed by atoms with E-state index < -0.39 is 11.7 Å². The molecule has 5 nitrogen and oxygen atoms in total. The van der Waals surface area contributed by atoms with Crippen molar-refractivity contribution in [1.29, 1.82) is 0 Å². The van der Waals surface area contributed by atoms with E-state index in [1.807, 2.05) is 13.1 Å². The highest BCUT2D eigenvalue weighted by Crippen LogP contribution is 2.29. The maximum absolute atomic E-state index is 12.7. The molecule has 0 bridgehead atoms. The quantitative estimate of drug-likeness (QED) is 0.585. The van der Waals surface area contributed by atoms with E-state index in [9.17, 15) is 13.2 Å². The van der Waals surface area contributed by atoms with Crippen LogP contribution in [0.1, 0.15) is 27.4 Å². The molecule has 2 heterocycles. The fraction of sp³-hybridized carbons (Fsp3) is 0.474. The number of aliphatic imine (C=N–C) groups is 1. The van der Waals surface area contributed by atoms with Gasteiger partial charge in [0, 0.05) is 43.8 Å². The van der Waals surface area contributed by atoms with Crippen LogP contribution in [-0.4, -0.2) is 42.0 Å². The van der Waals surface area contributed by atoms with Gasteiger partial charge in [-0.05, 0) is 31.0 Å². The molecule has 3 rings (SSSR count). The Labute approximate surface area is 166 Å². The van der Waals surface area contributed by atoms with Crippen LogP contribution in [0.5, 0.6) is 0 Å². The molecule has 0 spiro atoms. The third-order valence-electron chi connectivity index (χ3n) is 4.62. The molecular weight excluding hydrogens is 387 g/mol. The first-order chi connectivity index (χ1) is 13.3. The van der Waals surface area contributed by atoms with Crippen molar-refractivity contribution in [3.63, 3.8) is 0 Å². The number of guanidine groups is 1. The largest absolute Gasteiger partial charge is 0.416 e. The minimum absolute atomic E-state index is 0.254. The van der Waals surface area contributed by atoms with Gasteiger partial charge in [0.2, 0.25) is 0 Å². The number of rotatable bonds is 5. The molecule has 1 saturated heterocycles. The predicted octanol–water partition coefficient (Wildman–Crippen LogP) is 3.41. The van der Waals surface area contributed by atoms with Crippen LogP contribution in [-0.2, 0) is 19.3 Å². The SMILES string of the molecule is CN=C(NCc1cnc(C)s1)NC1CCN(Cc2ccc(C(F)(F)F)cc2)C1. The Balaban J connectivity index is 1.46. The lowest BCUT2D eigenvalue weighted by atomic mass is 10.1. The van der Waals surface area contributed by atoms with Gasteiger partial charge in [0.15, 0.2) is 5.96 Å². The molecule has 152 valence electrons. The van der Waals surface area contributed by atoms with E-state index in [2.05, 4.69) is 25.5 Å². The minimum Gasteiger partial charge on any atom is -0.352 e. The number of halogens is 3. The predicted molar refractivity (Wildman–Crippen MR) is 105 cm³/mol. The van der Waals surface area contributed by atoms with Crippen LogP contribution < -0.4 is 10.6 Å². The highest BCUT2D eigenvalue weighted by atomic mass is 32.1. The molecule has 1 aliphatic heterocycles. The van der Waals surface area contributed by atoms with Crippen molar-refractivity contribution in [3.05, 3.63) is 51.5 Å². The van der Waals surface area contributed by atoms with Gasteiger partial charge in [-0.3, -0.25) is 9.89 Å². The number of nitrogens with one attached hydrogen (secondary N) is 2. The standard InChI is InChI=1S/C19H24F3N5S/c1-13-24-9-17(28-13)10-25-18(23-2)26-16-7-8-27(12-16)11-14-3-5-15(6-4-14)19(20,21)22/h3-6,9,16H,7-8,10-12H2,1-2H3,(H2,23,25,26). The summed E-state index contributed by atoms with van der Waals surface area (Å²) in [5, 5.41) is 7.75. The first kappa shape index (κ1) is 20.6. The molecule has 1 aromatic heterocycles. The van der Waals surface area contributed by atoms with E-state index in [0.29, 0.717) is 13.1 Å². The Morgan fingerprint density at radius 3 is 2.68 bits per heavy atom. The third-order valence-corrected chi connectivity index (χ3v) is 5.54. The lowest BCUT2D eigenvalue weighted by Gasteiger charge is -2.19. The summed E-state index contributed by atoms with van der Waals surface area (Å²) in [4.78, 5) is 11.9. The molecule has 0 amide bonds. The molecule has 2 N–H and O–H groups in total. The number of benzene rings is 1. The van der Waals surface area contributed by atoms with Crippen molar-refractivity contribution in [2.45, 2.75) is 38.7 Å². The maximum Gasteiger partial charge on any atom is 0.416 e. The van der Waals surface area contributed by atoms with Gasteiger partial charge in [0.1, 0.15) is 0 Å². The summed E-state index contributed by atoms with van der Waals surface area (Å²) < 4.78 is 38.0. The Kier molecular flexibility index (Phi) is 6.56. The molecule has 28 heavy (non-hydrogen) atoms. The second kappa shape index (κ2) is 8.91. The zero-order valence-electron chi connectivity index (χ0n) is 15.9. The second-order valence-corrected chi connectivity index (χ2v) is 8.15. The summed E-state index contributed by atoms with van der Waals surface area (Å²) in [6.07, 6.45) is -1.47. The van der Waals surface area contributed by atoms with Gasteiger partial charge in [-0.25, -0.2) is 4.98 Å². The van der Waals surface area contributed by atoms with E-state index in [0.717, 1.165) is 53.1 Å². The van der Waals surface area contributed by atoms with E-state index >= 15 is 0 Å². The average molecular weight is 411 g/mol. The first-order valence-corrected chi connectivity index (χ1v) is 9.92. The summed E-state index contributed by atoms with van der Waals surface area (Å²) in [5.74, 6) is 0.743. The molecule has 1 unspecified atom stereocenters. The van der Waals surface area contributed by atoms with Gasteiger partial charge in [-0.2, -0.15) is 13.2 Å². The van der Waals surface area contributed by atoms with Crippen LogP contribution in [0.25, 0.3) is 0 Å². The van der Waals surface area contributed by atoms with E-state index in [4.69, 9.17) is 0 Å². The van der Waals surface area contributed by atoms with Gasteiger partial charge in [-0.15, -0.1) is 11.3 Å². The highest BCUT2D eigenvalue weighted by molar-refractivity contribution is 7.11. The fourth-order valence-electron chi connectivity index (χ4n) is 3.20. The second-order valence-electron chi connectivity index (χ2n) is 6.83. The van der Waals surface area contributed by atoms with Crippen LogP contribution >= 0.6 is 11.3 Å². The highest BCUT2D eigenvalue weighted by Gasteiger charge is 2.30. The smallest absolute Gasteiger partial charge is 0.352 e. The summed E-state index contributed by atoms with van der Waals surface area (Å²) in [6.45, 7) is 5.01. The Bertz CT molecular complexity index is 801. The van der Waals surface area contributed by atoms with Crippen molar-refractivity contribution in [2.24, 2.45) is 4.99 Å². The average Bonchev–Trinajstić information content (AvgIpc) is 3.27. The third kappa shape index (κ3) is 5.68. The molecular formula is C19H24F3N5S. The van der Waals surface area contributed by atoms with E-state index in [-0.39, 0.29) is 6.04 Å². The fourth-order valence-corrected chi connectivity index (χ4v) is 3.93. The molecule has 0 saturated carbocycles.